The summed E-state index contributed by atoms with van der Waals surface area (Å²) in [4.78, 5) is 12.4. The fraction of sp³-hybridized carbons (Fsp3) is 0.240. The van der Waals surface area contributed by atoms with Crippen LogP contribution in [-0.2, 0) is 33.2 Å². The van der Waals surface area contributed by atoms with Gasteiger partial charge in [0, 0.05) is 12.5 Å². The number of benzene rings is 3. The summed E-state index contributed by atoms with van der Waals surface area (Å²) in [5, 5.41) is 23.8. The molecule has 0 fully saturated rings. The third-order valence-corrected chi connectivity index (χ3v) is 7.58. The molecule has 2 atom stereocenters. The fourth-order valence-electron chi connectivity index (χ4n) is 4.23. The van der Waals surface area contributed by atoms with E-state index in [4.69, 9.17) is 4.74 Å². The molecule has 0 saturated carbocycles. The second-order valence-electron chi connectivity index (χ2n) is 8.25. The zero-order valence-corrected chi connectivity index (χ0v) is 18.7. The molecule has 0 heterocycles. The average molecular weight is 468 g/mol. The predicted octanol–water partition coefficient (Wildman–Crippen LogP) is 3.29. The zero-order valence-electron chi connectivity index (χ0n) is 17.8. The van der Waals surface area contributed by atoms with E-state index < -0.39 is 33.3 Å². The molecule has 172 valence electrons. The molecule has 3 aromatic rings. The summed E-state index contributed by atoms with van der Waals surface area (Å²) in [5.74, 6) is -0.604. The largest absolute Gasteiger partial charge is 0.508 e. The molecule has 1 aliphatic carbocycles. The highest BCUT2D eigenvalue weighted by atomic mass is 32.2. The van der Waals surface area contributed by atoms with Gasteiger partial charge in [-0.3, -0.25) is 0 Å². The SMILES string of the molecule is O=C(N[C@H]1Cc2ccccc2[C@](O)(CS(=O)(=O)c2ccc(O)cc2)C1)OCc1ccccc1. The van der Waals surface area contributed by atoms with E-state index in [2.05, 4.69) is 5.32 Å². The van der Waals surface area contributed by atoms with Gasteiger partial charge in [-0.25, -0.2) is 13.2 Å². The molecule has 33 heavy (non-hydrogen) atoms. The maximum Gasteiger partial charge on any atom is 0.407 e. The molecule has 3 N–H and O–H groups in total. The van der Waals surface area contributed by atoms with Crippen LogP contribution in [0.2, 0.25) is 0 Å². The van der Waals surface area contributed by atoms with Crippen LogP contribution in [0.1, 0.15) is 23.1 Å². The standard InChI is InChI=1S/C25H25NO6S/c27-21-10-12-22(13-11-21)33(30,31)17-25(29)15-20(14-19-8-4-5-9-23(19)25)26-24(28)32-16-18-6-2-1-3-7-18/h1-13,20,27,29H,14-17H2,(H,26,28)/t20-,25+/m0/s1. The quantitative estimate of drug-likeness (QED) is 0.513. The van der Waals surface area contributed by atoms with E-state index in [-0.39, 0.29) is 23.7 Å². The molecule has 1 aliphatic rings. The molecule has 0 radical (unpaired) electrons. The number of hydrogen-bond acceptors (Lipinski definition) is 6. The van der Waals surface area contributed by atoms with Gasteiger partial charge in [0.05, 0.1) is 10.6 Å². The Morgan fingerprint density at radius 3 is 2.39 bits per heavy atom. The van der Waals surface area contributed by atoms with Crippen molar-refractivity contribution in [3.05, 3.63) is 95.6 Å². The summed E-state index contributed by atoms with van der Waals surface area (Å²) in [6, 6.07) is 21.0. The number of aliphatic hydroxyl groups is 1. The van der Waals surface area contributed by atoms with Crippen molar-refractivity contribution in [2.24, 2.45) is 0 Å². The van der Waals surface area contributed by atoms with Gasteiger partial charge >= 0.3 is 6.09 Å². The Hall–Kier alpha value is -3.36. The number of sulfone groups is 1. The van der Waals surface area contributed by atoms with Crippen LogP contribution < -0.4 is 5.32 Å². The van der Waals surface area contributed by atoms with Gasteiger partial charge in [0.25, 0.3) is 0 Å². The van der Waals surface area contributed by atoms with Gasteiger partial charge in [-0.15, -0.1) is 0 Å². The Bertz CT molecular complexity index is 1230. The number of alkyl carbamates (subject to hydrolysis) is 1. The molecule has 1 amide bonds. The Balaban J connectivity index is 1.52. The van der Waals surface area contributed by atoms with E-state index in [1.807, 2.05) is 42.5 Å². The van der Waals surface area contributed by atoms with E-state index in [0.717, 1.165) is 11.1 Å². The molecular formula is C25H25NO6S. The predicted molar refractivity (Wildman–Crippen MR) is 122 cm³/mol. The monoisotopic (exact) mass is 467 g/mol. The molecule has 0 aromatic heterocycles. The molecule has 8 heteroatoms. The number of rotatable bonds is 6. The number of nitrogens with one attached hydrogen (secondary N) is 1. The van der Waals surface area contributed by atoms with Crippen LogP contribution in [0, 0.1) is 0 Å². The number of fused-ring (bicyclic) bond motifs is 1. The molecule has 0 aliphatic heterocycles. The average Bonchev–Trinajstić information content (AvgIpc) is 2.78. The maximum atomic E-state index is 13.1. The van der Waals surface area contributed by atoms with Crippen molar-refractivity contribution < 1.29 is 28.2 Å². The van der Waals surface area contributed by atoms with E-state index in [0.29, 0.717) is 12.0 Å². The van der Waals surface area contributed by atoms with Gasteiger partial charge in [0.1, 0.15) is 18.0 Å². The lowest BCUT2D eigenvalue weighted by molar-refractivity contribution is 0.0305. The van der Waals surface area contributed by atoms with Crippen molar-refractivity contribution >= 4 is 15.9 Å². The summed E-state index contributed by atoms with van der Waals surface area (Å²) in [6.07, 6.45) is -0.174. The van der Waals surface area contributed by atoms with E-state index in [1.165, 1.54) is 24.3 Å². The van der Waals surface area contributed by atoms with Gasteiger partial charge in [-0.05, 0) is 47.4 Å². The van der Waals surface area contributed by atoms with Gasteiger partial charge in [0.15, 0.2) is 9.84 Å². The molecule has 3 aromatic carbocycles. The summed E-state index contributed by atoms with van der Waals surface area (Å²) < 4.78 is 31.4. The third kappa shape index (κ3) is 5.35. The molecular weight excluding hydrogens is 442 g/mol. The van der Waals surface area contributed by atoms with Crippen molar-refractivity contribution in [2.75, 3.05) is 5.75 Å². The molecule has 0 unspecified atom stereocenters. The summed E-state index contributed by atoms with van der Waals surface area (Å²) >= 11 is 0. The van der Waals surface area contributed by atoms with Crippen LogP contribution in [0.25, 0.3) is 0 Å². The van der Waals surface area contributed by atoms with E-state index in [9.17, 15) is 23.4 Å². The summed E-state index contributed by atoms with van der Waals surface area (Å²) in [7, 11) is -3.88. The van der Waals surface area contributed by atoms with Crippen molar-refractivity contribution in [3.8, 4) is 5.75 Å². The van der Waals surface area contributed by atoms with Crippen LogP contribution in [-0.4, -0.2) is 36.5 Å². The van der Waals surface area contributed by atoms with Crippen LogP contribution in [0.15, 0.2) is 83.8 Å². The van der Waals surface area contributed by atoms with Crippen molar-refractivity contribution in [1.82, 2.24) is 5.32 Å². The van der Waals surface area contributed by atoms with Crippen molar-refractivity contribution in [1.29, 1.82) is 0 Å². The van der Waals surface area contributed by atoms with Crippen LogP contribution in [0.3, 0.4) is 0 Å². The van der Waals surface area contributed by atoms with Gasteiger partial charge in [0.2, 0.25) is 0 Å². The summed E-state index contributed by atoms with van der Waals surface area (Å²) in [6.45, 7) is 0.107. The highest BCUT2D eigenvalue weighted by Crippen LogP contribution is 2.38. The summed E-state index contributed by atoms with van der Waals surface area (Å²) in [5.41, 5.74) is 0.435. The minimum Gasteiger partial charge on any atom is -0.508 e. The van der Waals surface area contributed by atoms with Crippen LogP contribution in [0.5, 0.6) is 5.75 Å². The number of carbonyl (C=O) groups excluding carboxylic acids is 1. The Kier molecular flexibility index (Phi) is 6.40. The number of phenolic OH excluding ortho intramolecular Hbond substituents is 1. The molecule has 0 spiro atoms. The van der Waals surface area contributed by atoms with Crippen molar-refractivity contribution in [3.63, 3.8) is 0 Å². The van der Waals surface area contributed by atoms with Crippen molar-refractivity contribution in [2.45, 2.75) is 36.0 Å². The number of carbonyl (C=O) groups is 1. The number of hydrogen-bond donors (Lipinski definition) is 3. The lowest BCUT2D eigenvalue weighted by Gasteiger charge is -2.38. The highest BCUT2D eigenvalue weighted by molar-refractivity contribution is 7.91. The molecule has 7 nitrogen and oxygen atoms in total. The number of ether oxygens (including phenoxy) is 1. The first kappa shape index (κ1) is 22.8. The topological polar surface area (TPSA) is 113 Å². The lowest BCUT2D eigenvalue weighted by Crippen LogP contribution is -2.49. The second-order valence-corrected chi connectivity index (χ2v) is 10.2. The number of phenols is 1. The Morgan fingerprint density at radius 2 is 1.67 bits per heavy atom. The van der Waals surface area contributed by atoms with E-state index in [1.54, 1.807) is 12.1 Å². The molecule has 0 bridgehead atoms. The van der Waals surface area contributed by atoms with Crippen LogP contribution >= 0.6 is 0 Å². The highest BCUT2D eigenvalue weighted by Gasteiger charge is 2.43. The van der Waals surface area contributed by atoms with Gasteiger partial charge in [-0.2, -0.15) is 0 Å². The first-order valence-corrected chi connectivity index (χ1v) is 12.2. The normalized spacial score (nSPS) is 20.0. The van der Waals surface area contributed by atoms with Crippen LogP contribution in [0.4, 0.5) is 4.79 Å². The molecule has 4 rings (SSSR count). The smallest absolute Gasteiger partial charge is 0.407 e. The van der Waals surface area contributed by atoms with Gasteiger partial charge < -0.3 is 20.3 Å². The second kappa shape index (κ2) is 9.25. The first-order chi connectivity index (χ1) is 15.7. The van der Waals surface area contributed by atoms with Gasteiger partial charge in [-0.1, -0.05) is 54.6 Å². The Labute approximate surface area is 192 Å². The number of aromatic hydroxyl groups is 1. The minimum atomic E-state index is -3.88. The maximum absolute atomic E-state index is 13.1. The fourth-order valence-corrected chi connectivity index (χ4v) is 5.85. The Morgan fingerprint density at radius 1 is 1.00 bits per heavy atom. The zero-order chi connectivity index (χ0) is 23.5. The number of amides is 1. The van der Waals surface area contributed by atoms with E-state index >= 15 is 0 Å². The first-order valence-electron chi connectivity index (χ1n) is 10.5. The minimum absolute atomic E-state index is 0.00330. The lowest BCUT2D eigenvalue weighted by atomic mass is 9.78. The molecule has 0 saturated heterocycles. The third-order valence-electron chi connectivity index (χ3n) is 5.73.